The molecule has 2 aromatic heterocycles. The van der Waals surface area contributed by atoms with Crippen LogP contribution in [0.15, 0.2) is 94.5 Å². The molecule has 6 nitrogen and oxygen atoms in total. The molecule has 5 rings (SSSR count). The lowest BCUT2D eigenvalue weighted by atomic mass is 9.85. The van der Waals surface area contributed by atoms with E-state index in [9.17, 15) is 14.0 Å². The number of para-hydroxylation sites is 2. The number of hydrogen-bond acceptors (Lipinski definition) is 2. The van der Waals surface area contributed by atoms with Gasteiger partial charge in [-0.2, -0.15) is 0 Å². The first-order chi connectivity index (χ1) is 16.5. The molecule has 5 aromatic rings. The highest BCUT2D eigenvalue weighted by atomic mass is 19.1. The number of nitrogens with one attached hydrogen (secondary N) is 2. The van der Waals surface area contributed by atoms with Gasteiger partial charge in [-0.3, -0.25) is 29.2 Å². The Hall–Kier alpha value is -4.39. The Morgan fingerprint density at radius 1 is 0.647 bits per heavy atom. The molecule has 0 atom stereocenters. The van der Waals surface area contributed by atoms with E-state index in [0.717, 1.165) is 11.4 Å². The van der Waals surface area contributed by atoms with Gasteiger partial charge < -0.3 is 0 Å². The quantitative estimate of drug-likeness (QED) is 0.408. The molecule has 0 amide bonds. The first kappa shape index (κ1) is 21.5. The molecule has 0 unspecified atom stereocenters. The average molecular weight is 455 g/mol. The fourth-order valence-electron chi connectivity index (χ4n) is 4.54. The fourth-order valence-corrected chi connectivity index (χ4v) is 4.54. The lowest BCUT2D eigenvalue weighted by Gasteiger charge is -2.17. The van der Waals surface area contributed by atoms with Gasteiger partial charge in [0.15, 0.2) is 0 Å². The molecule has 2 N–H and O–H groups in total. The molecule has 0 radical (unpaired) electrons. The zero-order chi connectivity index (χ0) is 23.8. The van der Waals surface area contributed by atoms with Crippen LogP contribution in [0.2, 0.25) is 0 Å². The van der Waals surface area contributed by atoms with Gasteiger partial charge in [0.2, 0.25) is 0 Å². The van der Waals surface area contributed by atoms with E-state index < -0.39 is 5.92 Å². The average Bonchev–Trinajstić information content (AvgIpc) is 3.32. The summed E-state index contributed by atoms with van der Waals surface area (Å²) in [5.74, 6) is -1.08. The van der Waals surface area contributed by atoms with Crippen LogP contribution in [-0.4, -0.2) is 19.6 Å². The zero-order valence-electron chi connectivity index (χ0n) is 18.7. The molecule has 7 heteroatoms. The van der Waals surface area contributed by atoms with Crippen molar-refractivity contribution in [2.24, 2.45) is 0 Å². The molecular weight excluding hydrogens is 431 g/mol. The third kappa shape index (κ3) is 3.61. The minimum absolute atomic E-state index is 0.304. The predicted octanol–water partition coefficient (Wildman–Crippen LogP) is 4.58. The minimum Gasteiger partial charge on any atom is -0.268 e. The number of rotatable bonds is 5. The van der Waals surface area contributed by atoms with Gasteiger partial charge in [-0.1, -0.05) is 48.5 Å². The summed E-state index contributed by atoms with van der Waals surface area (Å²) in [4.78, 5) is 26.6. The van der Waals surface area contributed by atoms with Crippen LogP contribution in [0.4, 0.5) is 4.39 Å². The molecule has 0 fully saturated rings. The van der Waals surface area contributed by atoms with Gasteiger partial charge in [0.05, 0.1) is 22.5 Å². The summed E-state index contributed by atoms with van der Waals surface area (Å²) in [5.41, 5.74) is 3.88. The smallest absolute Gasteiger partial charge is 0.268 e. The van der Waals surface area contributed by atoms with Crippen molar-refractivity contribution in [2.75, 3.05) is 0 Å². The highest BCUT2D eigenvalue weighted by Gasteiger charge is 2.30. The first-order valence-electron chi connectivity index (χ1n) is 10.9. The molecule has 0 saturated heterocycles. The number of aromatic amines is 2. The number of halogens is 1. The number of benzene rings is 3. The Morgan fingerprint density at radius 3 is 1.47 bits per heavy atom. The van der Waals surface area contributed by atoms with Crippen molar-refractivity contribution in [2.45, 2.75) is 19.8 Å². The number of H-pyrrole nitrogens is 2. The molecule has 0 spiro atoms. The Kier molecular flexibility index (Phi) is 5.37. The van der Waals surface area contributed by atoms with Crippen molar-refractivity contribution in [3.05, 3.63) is 140 Å². The van der Waals surface area contributed by atoms with E-state index in [-0.39, 0.29) is 16.9 Å². The van der Waals surface area contributed by atoms with E-state index >= 15 is 0 Å². The summed E-state index contributed by atoms with van der Waals surface area (Å²) in [6, 6.07) is 24.9. The molecule has 0 bridgehead atoms. The first-order valence-corrected chi connectivity index (χ1v) is 10.9. The van der Waals surface area contributed by atoms with Gasteiger partial charge in [-0.05, 0) is 55.8 Å². The Morgan fingerprint density at radius 2 is 1.06 bits per heavy atom. The van der Waals surface area contributed by atoms with Crippen LogP contribution in [-0.2, 0) is 0 Å². The van der Waals surface area contributed by atoms with E-state index in [2.05, 4.69) is 10.2 Å². The maximum atomic E-state index is 13.8. The largest absolute Gasteiger partial charge is 0.268 e. The maximum Gasteiger partial charge on any atom is 0.268 e. The van der Waals surface area contributed by atoms with Crippen LogP contribution in [0, 0.1) is 19.7 Å². The summed E-state index contributed by atoms with van der Waals surface area (Å²) < 4.78 is 17.2. The molecule has 0 aliphatic heterocycles. The standard InChI is InChI=1S/C27H23FN4O2/c1-17-23(26(33)29-31(17)21-9-5-3-6-10-21)25(19-13-15-20(28)16-14-19)24-18(2)32(30-27(24)34)22-11-7-4-8-12-22/h3-16,25H,1-2H3,(H,29,33)(H,30,34). The van der Waals surface area contributed by atoms with Gasteiger partial charge in [-0.15, -0.1) is 0 Å². The normalized spacial score (nSPS) is 11.3. The van der Waals surface area contributed by atoms with E-state index in [1.165, 1.54) is 12.1 Å². The highest BCUT2D eigenvalue weighted by molar-refractivity contribution is 5.48. The van der Waals surface area contributed by atoms with Gasteiger partial charge in [0.25, 0.3) is 11.1 Å². The molecule has 0 aliphatic rings. The van der Waals surface area contributed by atoms with Crippen LogP contribution in [0.1, 0.15) is 34.0 Å². The second-order valence-electron chi connectivity index (χ2n) is 8.21. The second kappa shape index (κ2) is 8.51. The van der Waals surface area contributed by atoms with Crippen LogP contribution < -0.4 is 11.1 Å². The number of nitrogens with zero attached hydrogens (tertiary/aromatic N) is 2. The SMILES string of the molecule is Cc1c(C(c2ccc(F)cc2)c2c(C)n(-c3ccccc3)[nH]c2=O)c(=O)[nH]n1-c1ccccc1. The van der Waals surface area contributed by atoms with E-state index in [1.54, 1.807) is 21.5 Å². The van der Waals surface area contributed by atoms with Crippen LogP contribution >= 0.6 is 0 Å². The van der Waals surface area contributed by atoms with Gasteiger partial charge >= 0.3 is 0 Å². The molecule has 2 heterocycles. The van der Waals surface area contributed by atoms with Crippen LogP contribution in [0.25, 0.3) is 11.4 Å². The molecular formula is C27H23FN4O2. The molecule has 34 heavy (non-hydrogen) atoms. The zero-order valence-corrected chi connectivity index (χ0v) is 18.7. The summed E-state index contributed by atoms with van der Waals surface area (Å²) >= 11 is 0. The fraction of sp³-hybridized carbons (Fsp3) is 0.111. The van der Waals surface area contributed by atoms with Gasteiger partial charge in [-0.25, -0.2) is 4.39 Å². The summed E-state index contributed by atoms with van der Waals surface area (Å²) in [6.45, 7) is 3.68. The third-order valence-corrected chi connectivity index (χ3v) is 6.18. The Bertz CT molecular complexity index is 1460. The van der Waals surface area contributed by atoms with Crippen LogP contribution in [0.3, 0.4) is 0 Å². The van der Waals surface area contributed by atoms with Gasteiger partial charge in [0, 0.05) is 17.3 Å². The summed E-state index contributed by atoms with van der Waals surface area (Å²) in [7, 11) is 0. The molecule has 0 aliphatic carbocycles. The van der Waals surface area contributed by atoms with Crippen molar-refractivity contribution in [3.63, 3.8) is 0 Å². The Labute approximate surface area is 194 Å². The lowest BCUT2D eigenvalue weighted by molar-refractivity contribution is 0.626. The monoisotopic (exact) mass is 454 g/mol. The summed E-state index contributed by atoms with van der Waals surface area (Å²) in [5, 5.41) is 5.81. The van der Waals surface area contributed by atoms with Gasteiger partial charge in [0.1, 0.15) is 5.82 Å². The van der Waals surface area contributed by atoms with E-state index in [0.29, 0.717) is 28.1 Å². The summed E-state index contributed by atoms with van der Waals surface area (Å²) in [6.07, 6.45) is 0. The van der Waals surface area contributed by atoms with Crippen molar-refractivity contribution >= 4 is 0 Å². The van der Waals surface area contributed by atoms with E-state index in [1.807, 2.05) is 74.5 Å². The molecule has 3 aromatic carbocycles. The predicted molar refractivity (Wildman–Crippen MR) is 130 cm³/mol. The van der Waals surface area contributed by atoms with Crippen LogP contribution in [0.5, 0.6) is 0 Å². The number of aromatic nitrogens is 4. The van der Waals surface area contributed by atoms with Crippen molar-refractivity contribution < 1.29 is 4.39 Å². The topological polar surface area (TPSA) is 75.6 Å². The minimum atomic E-state index is -0.692. The van der Waals surface area contributed by atoms with Crippen molar-refractivity contribution in [3.8, 4) is 11.4 Å². The number of hydrogen-bond donors (Lipinski definition) is 2. The third-order valence-electron chi connectivity index (χ3n) is 6.18. The van der Waals surface area contributed by atoms with E-state index in [4.69, 9.17) is 0 Å². The van der Waals surface area contributed by atoms with Crippen molar-refractivity contribution in [1.82, 2.24) is 19.6 Å². The Balaban J connectivity index is 1.77. The second-order valence-corrected chi connectivity index (χ2v) is 8.21. The molecule has 170 valence electrons. The molecule has 0 saturated carbocycles. The van der Waals surface area contributed by atoms with Crippen molar-refractivity contribution in [1.29, 1.82) is 0 Å². The highest BCUT2D eigenvalue weighted by Crippen LogP contribution is 2.33. The maximum absolute atomic E-state index is 13.8. The lowest BCUT2D eigenvalue weighted by Crippen LogP contribution is -2.20.